The van der Waals surface area contributed by atoms with Gasteiger partial charge in [-0.25, -0.2) is 9.78 Å². The van der Waals surface area contributed by atoms with Crippen LogP contribution in [0.4, 0.5) is 0 Å². The van der Waals surface area contributed by atoms with Gasteiger partial charge < -0.3 is 14.2 Å². The fourth-order valence-corrected chi connectivity index (χ4v) is 2.14. The van der Waals surface area contributed by atoms with Crippen molar-refractivity contribution in [2.45, 2.75) is 25.2 Å². The molecule has 0 amide bonds. The third-order valence-electron chi connectivity index (χ3n) is 3.35. The zero-order valence-corrected chi connectivity index (χ0v) is 10.9. The van der Waals surface area contributed by atoms with Crippen molar-refractivity contribution < 1.29 is 19.0 Å². The molecule has 0 aliphatic heterocycles. The van der Waals surface area contributed by atoms with Gasteiger partial charge in [-0.05, 0) is 18.8 Å². The van der Waals surface area contributed by atoms with Gasteiger partial charge in [0.25, 0.3) is 0 Å². The van der Waals surface area contributed by atoms with Crippen molar-refractivity contribution in [2.24, 2.45) is 0 Å². The Kier molecular flexibility index (Phi) is 3.69. The first-order valence-corrected chi connectivity index (χ1v) is 5.92. The van der Waals surface area contributed by atoms with Crippen LogP contribution in [0.2, 0.25) is 0 Å². The molecule has 1 aromatic rings. The van der Waals surface area contributed by atoms with Crippen molar-refractivity contribution in [1.82, 2.24) is 4.98 Å². The monoisotopic (exact) mass is 251 g/mol. The number of ether oxygens (including phenoxy) is 3. The van der Waals surface area contributed by atoms with Crippen LogP contribution in [0.5, 0.6) is 11.5 Å². The molecule has 1 fully saturated rings. The number of carbonyl (C=O) groups excluding carboxylic acids is 1. The molecular weight excluding hydrogens is 234 g/mol. The number of methoxy groups -OCH3 is 3. The summed E-state index contributed by atoms with van der Waals surface area (Å²) in [6.45, 7) is 0. The van der Waals surface area contributed by atoms with Crippen LogP contribution in [0.1, 0.15) is 41.2 Å². The van der Waals surface area contributed by atoms with Crippen LogP contribution in [0.15, 0.2) is 6.20 Å². The Morgan fingerprint density at radius 3 is 2.33 bits per heavy atom. The third kappa shape index (κ3) is 2.00. The van der Waals surface area contributed by atoms with Crippen LogP contribution in [-0.4, -0.2) is 32.3 Å². The van der Waals surface area contributed by atoms with Crippen molar-refractivity contribution in [2.75, 3.05) is 21.3 Å². The summed E-state index contributed by atoms with van der Waals surface area (Å²) in [6, 6.07) is 0. The van der Waals surface area contributed by atoms with Crippen LogP contribution >= 0.6 is 0 Å². The molecule has 0 bridgehead atoms. The van der Waals surface area contributed by atoms with E-state index in [-0.39, 0.29) is 5.69 Å². The maximum atomic E-state index is 11.6. The minimum Gasteiger partial charge on any atom is -0.492 e. The van der Waals surface area contributed by atoms with Crippen molar-refractivity contribution in [3.8, 4) is 11.5 Å². The topological polar surface area (TPSA) is 57.7 Å². The number of hydrogen-bond donors (Lipinski definition) is 0. The second-order valence-electron chi connectivity index (χ2n) is 4.25. The van der Waals surface area contributed by atoms with Gasteiger partial charge in [-0.3, -0.25) is 0 Å². The van der Waals surface area contributed by atoms with E-state index in [9.17, 15) is 4.79 Å². The smallest absolute Gasteiger partial charge is 0.360 e. The minimum absolute atomic E-state index is 0.153. The van der Waals surface area contributed by atoms with Crippen molar-refractivity contribution in [1.29, 1.82) is 0 Å². The third-order valence-corrected chi connectivity index (χ3v) is 3.35. The van der Waals surface area contributed by atoms with E-state index in [2.05, 4.69) is 9.72 Å². The molecule has 1 aliphatic rings. The Balaban J connectivity index is 2.49. The second-order valence-corrected chi connectivity index (χ2v) is 4.25. The summed E-state index contributed by atoms with van der Waals surface area (Å²) < 4.78 is 15.3. The molecule has 0 unspecified atom stereocenters. The number of esters is 1. The quantitative estimate of drug-likeness (QED) is 0.767. The molecule has 98 valence electrons. The Morgan fingerprint density at radius 2 is 1.89 bits per heavy atom. The number of rotatable bonds is 4. The van der Waals surface area contributed by atoms with Crippen LogP contribution in [-0.2, 0) is 4.74 Å². The number of carbonyl (C=O) groups is 1. The highest BCUT2D eigenvalue weighted by Crippen LogP contribution is 2.44. The molecular formula is C13H17NO4. The molecule has 1 heterocycles. The number of nitrogens with zero attached hydrogens (tertiary/aromatic N) is 1. The molecule has 5 nitrogen and oxygen atoms in total. The molecule has 1 aromatic heterocycles. The van der Waals surface area contributed by atoms with Crippen molar-refractivity contribution >= 4 is 5.97 Å². The van der Waals surface area contributed by atoms with Crippen LogP contribution < -0.4 is 9.47 Å². The zero-order valence-electron chi connectivity index (χ0n) is 10.9. The predicted molar refractivity (Wildman–Crippen MR) is 65.3 cm³/mol. The Morgan fingerprint density at radius 1 is 1.22 bits per heavy atom. The van der Waals surface area contributed by atoms with E-state index in [0.717, 1.165) is 18.4 Å². The van der Waals surface area contributed by atoms with E-state index < -0.39 is 5.97 Å². The molecule has 0 spiro atoms. The fourth-order valence-electron chi connectivity index (χ4n) is 2.14. The van der Waals surface area contributed by atoms with Gasteiger partial charge in [0.1, 0.15) is 0 Å². The fraction of sp³-hybridized carbons (Fsp3) is 0.538. The average molecular weight is 251 g/mol. The van der Waals surface area contributed by atoms with E-state index in [1.165, 1.54) is 20.6 Å². The first-order valence-electron chi connectivity index (χ1n) is 5.92. The lowest BCUT2D eigenvalue weighted by molar-refractivity contribution is 0.0589. The van der Waals surface area contributed by atoms with Crippen LogP contribution in [0, 0.1) is 0 Å². The summed E-state index contributed by atoms with van der Waals surface area (Å²) in [5, 5.41) is 0. The minimum atomic E-state index is -0.523. The molecule has 0 radical (unpaired) electrons. The summed E-state index contributed by atoms with van der Waals surface area (Å²) in [6.07, 6.45) is 5.16. The largest absolute Gasteiger partial charge is 0.492 e. The lowest BCUT2D eigenvalue weighted by Gasteiger charge is -2.27. The Bertz CT molecular complexity index is 455. The van der Waals surface area contributed by atoms with Gasteiger partial charge in [0.15, 0.2) is 17.2 Å². The van der Waals surface area contributed by atoms with Crippen LogP contribution in [0.25, 0.3) is 0 Å². The van der Waals surface area contributed by atoms with Gasteiger partial charge >= 0.3 is 5.97 Å². The van der Waals surface area contributed by atoms with E-state index in [1.807, 2.05) is 0 Å². The van der Waals surface area contributed by atoms with E-state index in [0.29, 0.717) is 17.4 Å². The molecule has 2 rings (SSSR count). The molecule has 1 saturated carbocycles. The average Bonchev–Trinajstić information content (AvgIpc) is 2.35. The second kappa shape index (κ2) is 5.25. The van der Waals surface area contributed by atoms with Gasteiger partial charge in [-0.15, -0.1) is 0 Å². The van der Waals surface area contributed by atoms with Crippen LogP contribution in [0.3, 0.4) is 0 Å². The standard InChI is InChI=1S/C13H17NO4/c1-16-11-9(8-5-4-6-8)7-14-10(12(11)17-2)13(15)18-3/h7-8H,4-6H2,1-3H3. The SMILES string of the molecule is COC(=O)c1ncc(C2CCC2)c(OC)c1OC. The maximum absolute atomic E-state index is 11.6. The summed E-state index contributed by atoms with van der Waals surface area (Å²) in [4.78, 5) is 15.8. The van der Waals surface area contributed by atoms with E-state index in [1.54, 1.807) is 13.3 Å². The van der Waals surface area contributed by atoms with Crippen molar-refractivity contribution in [3.05, 3.63) is 17.5 Å². The highest BCUT2D eigenvalue weighted by atomic mass is 16.5. The van der Waals surface area contributed by atoms with Gasteiger partial charge in [-0.2, -0.15) is 0 Å². The van der Waals surface area contributed by atoms with E-state index in [4.69, 9.17) is 9.47 Å². The van der Waals surface area contributed by atoms with Crippen molar-refractivity contribution in [3.63, 3.8) is 0 Å². The highest BCUT2D eigenvalue weighted by molar-refractivity contribution is 5.91. The number of aromatic nitrogens is 1. The molecule has 5 heteroatoms. The molecule has 18 heavy (non-hydrogen) atoms. The van der Waals surface area contributed by atoms with Gasteiger partial charge in [0, 0.05) is 11.8 Å². The van der Waals surface area contributed by atoms with Gasteiger partial charge in [-0.1, -0.05) is 6.42 Å². The summed E-state index contributed by atoms with van der Waals surface area (Å²) in [5.74, 6) is 0.879. The van der Waals surface area contributed by atoms with Gasteiger partial charge in [0.05, 0.1) is 21.3 Å². The summed E-state index contributed by atoms with van der Waals surface area (Å²) in [5.41, 5.74) is 1.16. The van der Waals surface area contributed by atoms with Gasteiger partial charge in [0.2, 0.25) is 0 Å². The first-order chi connectivity index (χ1) is 8.72. The number of hydrogen-bond acceptors (Lipinski definition) is 5. The van der Waals surface area contributed by atoms with E-state index >= 15 is 0 Å². The zero-order chi connectivity index (χ0) is 13.1. The lowest BCUT2D eigenvalue weighted by atomic mass is 9.80. The molecule has 1 aliphatic carbocycles. The normalized spacial score (nSPS) is 14.8. The summed E-state index contributed by atoms with van der Waals surface area (Å²) >= 11 is 0. The summed E-state index contributed by atoms with van der Waals surface area (Å²) in [7, 11) is 4.38. The maximum Gasteiger partial charge on any atom is 0.360 e. The molecule has 0 atom stereocenters. The number of pyridine rings is 1. The first kappa shape index (κ1) is 12.7. The molecule has 0 N–H and O–H groups in total. The Hall–Kier alpha value is -1.78. The molecule has 0 saturated heterocycles. The highest BCUT2D eigenvalue weighted by Gasteiger charge is 2.28. The molecule has 0 aromatic carbocycles. The Labute approximate surface area is 106 Å². The lowest BCUT2D eigenvalue weighted by Crippen LogP contribution is -2.14. The predicted octanol–water partition coefficient (Wildman–Crippen LogP) is 2.15.